The van der Waals surface area contributed by atoms with E-state index < -0.39 is 18.0 Å². The van der Waals surface area contributed by atoms with Crippen molar-refractivity contribution in [3.8, 4) is 0 Å². The lowest BCUT2D eigenvalue weighted by Gasteiger charge is -2.62. The number of aliphatic hydroxyl groups is 3. The van der Waals surface area contributed by atoms with Crippen LogP contribution in [0.25, 0.3) is 0 Å². The van der Waals surface area contributed by atoms with E-state index in [4.69, 9.17) is 0 Å². The molecule has 8 heteroatoms. The molecule has 8 fully saturated rings. The number of carbonyl (C=O) groups excluding carboxylic acids is 1. The fourth-order valence-electron chi connectivity index (χ4n) is 15.3. The Bertz CT molecular complexity index is 1300. The van der Waals surface area contributed by atoms with Crippen LogP contribution in [-0.2, 0) is 14.4 Å². The Morgan fingerprint density at radius 3 is 1.58 bits per heavy atom. The molecule has 48 heavy (non-hydrogen) atoms. The zero-order valence-electron chi connectivity index (χ0n) is 29.8. The molecule has 17 atom stereocenters. The first kappa shape index (κ1) is 34.9. The highest BCUT2D eigenvalue weighted by Gasteiger charge is 2.65. The van der Waals surface area contributed by atoms with Crippen LogP contribution in [-0.4, -0.2) is 61.6 Å². The van der Waals surface area contributed by atoms with Crippen molar-refractivity contribution in [2.75, 3.05) is 0 Å². The van der Waals surface area contributed by atoms with Crippen molar-refractivity contribution in [1.82, 2.24) is 0 Å². The van der Waals surface area contributed by atoms with Gasteiger partial charge in [0.05, 0.1) is 30.1 Å². The number of Topliss-reactive ketones (excluding diaryl/α,β-unsaturated/α-hetero) is 1. The predicted molar refractivity (Wildman–Crippen MR) is 179 cm³/mol. The lowest BCUT2D eigenvalue weighted by molar-refractivity contribution is -0.182. The van der Waals surface area contributed by atoms with Crippen LogP contribution in [0.5, 0.6) is 0 Å². The zero-order chi connectivity index (χ0) is 34.6. The highest BCUT2D eigenvalue weighted by molar-refractivity contribution is 5.79. The minimum Gasteiger partial charge on any atom is -0.481 e. The third-order valence-electron chi connectivity index (χ3n) is 17.6. The van der Waals surface area contributed by atoms with Gasteiger partial charge in [-0.25, -0.2) is 0 Å². The highest BCUT2D eigenvalue weighted by atomic mass is 16.4. The largest absolute Gasteiger partial charge is 0.481 e. The molecular formula is C40H62O8. The summed E-state index contributed by atoms with van der Waals surface area (Å²) in [5.41, 5.74) is -0.340. The molecule has 2 unspecified atom stereocenters. The molecule has 8 aliphatic rings. The van der Waals surface area contributed by atoms with Gasteiger partial charge in [0, 0.05) is 12.8 Å². The Morgan fingerprint density at radius 2 is 1.08 bits per heavy atom. The smallest absolute Gasteiger partial charge is 0.307 e. The Labute approximate surface area is 286 Å². The number of carboxylic acids is 2. The minimum absolute atomic E-state index is 0.0544. The summed E-state index contributed by atoms with van der Waals surface area (Å²) >= 11 is 0. The molecule has 0 bridgehead atoms. The second-order valence-electron chi connectivity index (χ2n) is 19.3. The van der Waals surface area contributed by atoms with Gasteiger partial charge in [0.1, 0.15) is 5.78 Å². The lowest BCUT2D eigenvalue weighted by Crippen LogP contribution is -2.59. The third kappa shape index (κ3) is 5.10. The second kappa shape index (κ2) is 12.0. The number of aliphatic carboxylic acids is 2. The van der Waals surface area contributed by atoms with Crippen LogP contribution >= 0.6 is 0 Å². The number of rotatable bonds is 2. The third-order valence-corrected chi connectivity index (χ3v) is 17.6. The Morgan fingerprint density at radius 1 is 0.604 bits per heavy atom. The van der Waals surface area contributed by atoms with Gasteiger partial charge in [-0.2, -0.15) is 0 Å². The molecule has 0 aromatic rings. The molecule has 5 N–H and O–H groups in total. The lowest BCUT2D eigenvalue weighted by atomic mass is 9.44. The Hall–Kier alpha value is -1.51. The zero-order valence-corrected chi connectivity index (χ0v) is 29.8. The van der Waals surface area contributed by atoms with Crippen LogP contribution < -0.4 is 0 Å². The fraction of sp³-hybridized carbons (Fsp3) is 0.925. The average molecular weight is 671 g/mol. The molecule has 0 amide bonds. The van der Waals surface area contributed by atoms with Crippen molar-refractivity contribution >= 4 is 17.7 Å². The summed E-state index contributed by atoms with van der Waals surface area (Å²) in [4.78, 5) is 35.4. The molecule has 0 radical (unpaired) electrons. The first-order chi connectivity index (χ1) is 22.5. The summed E-state index contributed by atoms with van der Waals surface area (Å²) in [5, 5.41) is 51.6. The van der Waals surface area contributed by atoms with E-state index in [0.29, 0.717) is 67.0 Å². The van der Waals surface area contributed by atoms with E-state index in [-0.39, 0.29) is 57.5 Å². The van der Waals surface area contributed by atoms with E-state index in [1.165, 1.54) is 0 Å². The van der Waals surface area contributed by atoms with Gasteiger partial charge in [0.25, 0.3) is 0 Å². The van der Waals surface area contributed by atoms with Crippen molar-refractivity contribution in [1.29, 1.82) is 0 Å². The number of hydrogen-bond acceptors (Lipinski definition) is 6. The van der Waals surface area contributed by atoms with Gasteiger partial charge in [-0.05, 0) is 159 Å². The summed E-state index contributed by atoms with van der Waals surface area (Å²) < 4.78 is 0. The number of carboxylic acid groups (broad SMARTS) is 2. The summed E-state index contributed by atoms with van der Waals surface area (Å²) in [7, 11) is 0. The molecule has 8 saturated carbocycles. The van der Waals surface area contributed by atoms with Gasteiger partial charge in [-0.3, -0.25) is 14.4 Å². The van der Waals surface area contributed by atoms with Crippen molar-refractivity contribution in [2.24, 2.45) is 80.8 Å². The minimum atomic E-state index is -0.686. The number of fused-ring (bicyclic) bond motifs is 10. The number of ketones is 1. The first-order valence-corrected chi connectivity index (χ1v) is 19.6. The van der Waals surface area contributed by atoms with Crippen LogP contribution in [0.4, 0.5) is 0 Å². The highest BCUT2D eigenvalue weighted by Crippen LogP contribution is 2.69. The number of hydrogen-bond donors (Lipinski definition) is 5. The maximum Gasteiger partial charge on any atom is 0.307 e. The topological polar surface area (TPSA) is 152 Å². The Balaban J connectivity index is 0.000000152. The van der Waals surface area contributed by atoms with E-state index in [1.807, 2.05) is 0 Å². The molecule has 0 spiro atoms. The predicted octanol–water partition coefficient (Wildman–Crippen LogP) is 6.33. The van der Waals surface area contributed by atoms with Gasteiger partial charge >= 0.3 is 11.9 Å². The molecule has 270 valence electrons. The second-order valence-corrected chi connectivity index (χ2v) is 19.3. The fourth-order valence-corrected chi connectivity index (χ4v) is 15.3. The van der Waals surface area contributed by atoms with E-state index in [1.54, 1.807) is 0 Å². The maximum absolute atomic E-state index is 11.9. The van der Waals surface area contributed by atoms with Crippen molar-refractivity contribution < 1.29 is 39.9 Å². The average Bonchev–Trinajstić information content (AvgIpc) is 3.54. The van der Waals surface area contributed by atoms with Gasteiger partial charge in [0.2, 0.25) is 0 Å². The molecule has 0 aromatic carbocycles. The standard InChI is InChI=1S/C20H32O4.C20H30O4/c2*1-19-8-7-12(21)9-11(19)3-4-13-14-5-6-15(18(23)24)20(14,2)10-16(22)17(13)19/h11-17,21-22H,3-10H2,1-2H3,(H,23,24);11,13-17,22H,3-10H2,1-2H3,(H,23,24)/t11?,12-,13-,14-,15+,16-,17+,19-,20-;11?,13-,14-,15+,16-,17+,19-,20-/m00/s1. The van der Waals surface area contributed by atoms with Crippen LogP contribution in [0.1, 0.15) is 130 Å². The molecular weight excluding hydrogens is 608 g/mol. The van der Waals surface area contributed by atoms with Gasteiger partial charge < -0.3 is 25.5 Å². The quantitative estimate of drug-likeness (QED) is 0.229. The monoisotopic (exact) mass is 670 g/mol. The van der Waals surface area contributed by atoms with Gasteiger partial charge in [-0.15, -0.1) is 0 Å². The van der Waals surface area contributed by atoms with Crippen LogP contribution in [0.2, 0.25) is 0 Å². The summed E-state index contributed by atoms with van der Waals surface area (Å²) in [6.45, 7) is 8.88. The van der Waals surface area contributed by atoms with Gasteiger partial charge in [0.15, 0.2) is 0 Å². The van der Waals surface area contributed by atoms with Crippen molar-refractivity contribution in [2.45, 2.75) is 149 Å². The van der Waals surface area contributed by atoms with E-state index in [2.05, 4.69) is 27.7 Å². The molecule has 0 heterocycles. The summed E-state index contributed by atoms with van der Waals surface area (Å²) in [5.74, 6) is 1.63. The molecule has 8 aliphatic carbocycles. The number of carbonyl (C=O) groups is 3. The molecule has 0 aromatic heterocycles. The van der Waals surface area contributed by atoms with Crippen LogP contribution in [0, 0.1) is 80.8 Å². The number of aliphatic hydroxyl groups excluding tert-OH is 3. The Kier molecular flexibility index (Phi) is 8.76. The van der Waals surface area contributed by atoms with E-state index in [9.17, 15) is 39.9 Å². The molecule has 8 rings (SSSR count). The summed E-state index contributed by atoms with van der Waals surface area (Å²) in [6.07, 6.45) is 13.1. The van der Waals surface area contributed by atoms with Gasteiger partial charge in [-0.1, -0.05) is 27.7 Å². The molecule has 8 nitrogen and oxygen atoms in total. The van der Waals surface area contributed by atoms with Crippen LogP contribution in [0.15, 0.2) is 0 Å². The van der Waals surface area contributed by atoms with E-state index >= 15 is 0 Å². The van der Waals surface area contributed by atoms with Crippen molar-refractivity contribution in [3.63, 3.8) is 0 Å². The molecule has 0 saturated heterocycles. The normalized spacial score (nSPS) is 55.4. The first-order valence-electron chi connectivity index (χ1n) is 19.6. The molecule has 0 aliphatic heterocycles. The SMILES string of the molecule is C[C@]12C[C@H](O)[C@H]3[C@@H](CCC4CC(=O)CC[C@@]43C)[C@@H]1CC[C@@H]2C(=O)O.C[C@]12C[C@H](O)[C@H]3[C@@H](CCC4C[C@@H](O)CC[C@@]43C)[C@@H]1CC[C@@H]2C(=O)O. The van der Waals surface area contributed by atoms with E-state index in [0.717, 1.165) is 77.0 Å². The van der Waals surface area contributed by atoms with Crippen LogP contribution in [0.3, 0.4) is 0 Å². The van der Waals surface area contributed by atoms with Crippen molar-refractivity contribution in [3.05, 3.63) is 0 Å². The maximum atomic E-state index is 11.9. The summed E-state index contributed by atoms with van der Waals surface area (Å²) in [6, 6.07) is 0.